The first-order valence-corrected chi connectivity index (χ1v) is 6.72. The average molecular weight is 232 g/mol. The van der Waals surface area contributed by atoms with Gasteiger partial charge in [0.05, 0.1) is 5.60 Å². The Balaban J connectivity index is 2.32. The van der Waals surface area contributed by atoms with Crippen LogP contribution in [-0.2, 0) is 5.60 Å². The van der Waals surface area contributed by atoms with Gasteiger partial charge >= 0.3 is 0 Å². The highest BCUT2D eigenvalue weighted by molar-refractivity contribution is 5.35. The Morgan fingerprint density at radius 3 is 2.47 bits per heavy atom. The van der Waals surface area contributed by atoms with Crippen LogP contribution < -0.4 is 0 Å². The molecule has 0 radical (unpaired) electrons. The van der Waals surface area contributed by atoms with E-state index in [1.54, 1.807) is 0 Å². The van der Waals surface area contributed by atoms with Crippen molar-refractivity contribution >= 4 is 0 Å². The zero-order valence-electron chi connectivity index (χ0n) is 11.5. The molecule has 3 unspecified atom stereocenters. The molecule has 1 aromatic carbocycles. The predicted octanol–water partition coefficient (Wildman–Crippen LogP) is 3.95. The highest BCUT2D eigenvalue weighted by atomic mass is 16.3. The van der Waals surface area contributed by atoms with Gasteiger partial charge < -0.3 is 5.11 Å². The fraction of sp³-hybridized carbons (Fsp3) is 0.625. The molecule has 0 saturated heterocycles. The van der Waals surface area contributed by atoms with Gasteiger partial charge in [-0.25, -0.2) is 0 Å². The summed E-state index contributed by atoms with van der Waals surface area (Å²) in [5.74, 6) is 1.34. The minimum Gasteiger partial charge on any atom is -0.385 e. The molecule has 1 aliphatic carbocycles. The van der Waals surface area contributed by atoms with Crippen LogP contribution in [0.25, 0.3) is 0 Å². The lowest BCUT2D eigenvalue weighted by Crippen LogP contribution is -2.35. The van der Waals surface area contributed by atoms with Crippen LogP contribution in [0.4, 0.5) is 0 Å². The smallest absolute Gasteiger partial charge is 0.0901 e. The van der Waals surface area contributed by atoms with Crippen molar-refractivity contribution in [2.75, 3.05) is 0 Å². The van der Waals surface area contributed by atoms with Crippen LogP contribution in [0, 0.1) is 25.7 Å². The van der Waals surface area contributed by atoms with Gasteiger partial charge in [0, 0.05) is 0 Å². The van der Waals surface area contributed by atoms with Crippen LogP contribution in [0.5, 0.6) is 0 Å². The second-order valence-corrected chi connectivity index (χ2v) is 6.05. The third-order valence-electron chi connectivity index (χ3n) is 4.53. The number of aliphatic hydroxyl groups is 1. The summed E-state index contributed by atoms with van der Waals surface area (Å²) < 4.78 is 0. The van der Waals surface area contributed by atoms with Gasteiger partial charge in [-0.1, -0.05) is 37.6 Å². The van der Waals surface area contributed by atoms with E-state index in [1.807, 2.05) is 0 Å². The molecule has 0 aromatic heterocycles. The predicted molar refractivity (Wildman–Crippen MR) is 72.0 cm³/mol. The average Bonchev–Trinajstić information content (AvgIpc) is 2.24. The minimum atomic E-state index is -0.594. The van der Waals surface area contributed by atoms with Gasteiger partial charge in [-0.15, -0.1) is 0 Å². The van der Waals surface area contributed by atoms with E-state index in [0.717, 1.165) is 30.7 Å². The van der Waals surface area contributed by atoms with E-state index in [1.165, 1.54) is 11.1 Å². The van der Waals surface area contributed by atoms with Crippen molar-refractivity contribution in [3.05, 3.63) is 34.9 Å². The molecule has 0 amide bonds. The van der Waals surface area contributed by atoms with Crippen LogP contribution in [-0.4, -0.2) is 5.11 Å². The van der Waals surface area contributed by atoms with E-state index in [-0.39, 0.29) is 0 Å². The maximum Gasteiger partial charge on any atom is 0.0901 e. The maximum atomic E-state index is 10.9. The van der Waals surface area contributed by atoms with Gasteiger partial charge in [0.25, 0.3) is 0 Å². The second kappa shape index (κ2) is 4.45. The minimum absolute atomic E-state index is 0.594. The Labute approximate surface area is 105 Å². The van der Waals surface area contributed by atoms with Crippen molar-refractivity contribution in [2.24, 2.45) is 11.8 Å². The molecular weight excluding hydrogens is 208 g/mol. The first-order valence-electron chi connectivity index (χ1n) is 6.72. The van der Waals surface area contributed by atoms with Gasteiger partial charge in [-0.2, -0.15) is 0 Å². The molecule has 0 aliphatic heterocycles. The highest BCUT2D eigenvalue weighted by Gasteiger charge is 2.37. The Morgan fingerprint density at radius 1 is 1.18 bits per heavy atom. The Hall–Kier alpha value is -0.820. The normalized spacial score (nSPS) is 33.7. The Bertz CT molecular complexity index is 410. The monoisotopic (exact) mass is 232 g/mol. The van der Waals surface area contributed by atoms with Crippen LogP contribution in [0.2, 0.25) is 0 Å². The van der Waals surface area contributed by atoms with Crippen molar-refractivity contribution in [1.82, 2.24) is 0 Å². The first kappa shape index (κ1) is 12.6. The van der Waals surface area contributed by atoms with E-state index < -0.39 is 5.60 Å². The summed E-state index contributed by atoms with van der Waals surface area (Å²) >= 11 is 0. The fourth-order valence-corrected chi connectivity index (χ4v) is 3.17. The van der Waals surface area contributed by atoms with E-state index in [9.17, 15) is 5.11 Å². The third kappa shape index (κ3) is 2.40. The van der Waals surface area contributed by atoms with Crippen LogP contribution in [0.1, 0.15) is 49.8 Å². The molecule has 1 fully saturated rings. The van der Waals surface area contributed by atoms with Gasteiger partial charge in [-0.3, -0.25) is 0 Å². The number of aryl methyl sites for hydroxylation is 2. The lowest BCUT2D eigenvalue weighted by Gasteiger charge is -2.40. The van der Waals surface area contributed by atoms with E-state index in [0.29, 0.717) is 5.92 Å². The molecule has 1 saturated carbocycles. The SMILES string of the molecule is Cc1ccc(C2(O)CCC(C)C(C)C2)c(C)c1. The van der Waals surface area contributed by atoms with Gasteiger partial charge in [0.2, 0.25) is 0 Å². The van der Waals surface area contributed by atoms with Gasteiger partial charge in [-0.05, 0) is 56.1 Å². The molecule has 1 aromatic rings. The van der Waals surface area contributed by atoms with Crippen molar-refractivity contribution < 1.29 is 5.11 Å². The molecule has 1 nitrogen and oxygen atoms in total. The molecule has 0 bridgehead atoms. The molecular formula is C16H24O. The summed E-state index contributed by atoms with van der Waals surface area (Å²) in [6.45, 7) is 8.78. The number of benzene rings is 1. The summed E-state index contributed by atoms with van der Waals surface area (Å²) in [7, 11) is 0. The quantitative estimate of drug-likeness (QED) is 0.777. The largest absolute Gasteiger partial charge is 0.385 e. The molecule has 0 spiro atoms. The number of hydrogen-bond donors (Lipinski definition) is 1. The highest BCUT2D eigenvalue weighted by Crippen LogP contribution is 2.43. The standard InChI is InChI=1S/C16H24O/c1-11-5-6-15(13(3)9-11)16(17)8-7-12(2)14(4)10-16/h5-6,9,12,14,17H,7-8,10H2,1-4H3. The molecule has 1 heteroatoms. The molecule has 1 aliphatic rings. The molecule has 0 heterocycles. The zero-order chi connectivity index (χ0) is 12.6. The number of rotatable bonds is 1. The maximum absolute atomic E-state index is 10.9. The Kier molecular flexibility index (Phi) is 3.31. The second-order valence-electron chi connectivity index (χ2n) is 6.05. The fourth-order valence-electron chi connectivity index (χ4n) is 3.17. The van der Waals surface area contributed by atoms with E-state index >= 15 is 0 Å². The summed E-state index contributed by atoms with van der Waals surface area (Å²) in [5.41, 5.74) is 3.05. The molecule has 1 N–H and O–H groups in total. The third-order valence-corrected chi connectivity index (χ3v) is 4.53. The lowest BCUT2D eigenvalue weighted by molar-refractivity contribution is -0.0340. The van der Waals surface area contributed by atoms with Crippen molar-refractivity contribution in [3.8, 4) is 0 Å². The van der Waals surface area contributed by atoms with E-state index in [4.69, 9.17) is 0 Å². The lowest BCUT2D eigenvalue weighted by atomic mass is 9.69. The van der Waals surface area contributed by atoms with Gasteiger partial charge in [0.1, 0.15) is 0 Å². The van der Waals surface area contributed by atoms with Crippen molar-refractivity contribution in [2.45, 2.75) is 52.6 Å². The molecule has 94 valence electrons. The van der Waals surface area contributed by atoms with Gasteiger partial charge in [0.15, 0.2) is 0 Å². The number of hydrogen-bond acceptors (Lipinski definition) is 1. The summed E-state index contributed by atoms with van der Waals surface area (Å²) in [5, 5.41) is 10.9. The summed E-state index contributed by atoms with van der Waals surface area (Å²) in [6, 6.07) is 6.41. The molecule has 3 atom stereocenters. The Morgan fingerprint density at radius 2 is 1.88 bits per heavy atom. The summed E-state index contributed by atoms with van der Waals surface area (Å²) in [4.78, 5) is 0. The van der Waals surface area contributed by atoms with Crippen LogP contribution in [0.3, 0.4) is 0 Å². The van der Waals surface area contributed by atoms with Crippen LogP contribution >= 0.6 is 0 Å². The first-order chi connectivity index (χ1) is 7.92. The molecule has 17 heavy (non-hydrogen) atoms. The van der Waals surface area contributed by atoms with Crippen molar-refractivity contribution in [1.29, 1.82) is 0 Å². The van der Waals surface area contributed by atoms with E-state index in [2.05, 4.69) is 45.9 Å². The topological polar surface area (TPSA) is 20.2 Å². The van der Waals surface area contributed by atoms with Crippen LogP contribution in [0.15, 0.2) is 18.2 Å². The zero-order valence-corrected chi connectivity index (χ0v) is 11.5. The summed E-state index contributed by atoms with van der Waals surface area (Å²) in [6.07, 6.45) is 2.94. The molecule has 2 rings (SSSR count). The van der Waals surface area contributed by atoms with Crippen molar-refractivity contribution in [3.63, 3.8) is 0 Å².